The third-order valence-electron chi connectivity index (χ3n) is 3.81. The standard InChI is InChI=1S/C18H29FN4O.HI/c1-6-20-18(23-14(5)12(2)3)22-10-9-21-17(24)15-8-7-13(4)16(19)11-15;/h7-8,11-12,14H,6,9-10H2,1-5H3,(H,21,24)(H2,20,22,23);1H. The summed E-state index contributed by atoms with van der Waals surface area (Å²) in [7, 11) is 0. The van der Waals surface area contributed by atoms with Gasteiger partial charge in [0.05, 0.1) is 6.54 Å². The van der Waals surface area contributed by atoms with Crippen LogP contribution in [-0.4, -0.2) is 37.5 Å². The minimum absolute atomic E-state index is 0. The van der Waals surface area contributed by atoms with Crippen LogP contribution in [0.25, 0.3) is 0 Å². The molecule has 1 amide bonds. The Balaban J connectivity index is 0.00000576. The number of hydrogen-bond acceptors (Lipinski definition) is 2. The maximum Gasteiger partial charge on any atom is 0.251 e. The second-order valence-electron chi connectivity index (χ2n) is 6.16. The number of aryl methyl sites for hydroxylation is 1. The van der Waals surface area contributed by atoms with E-state index in [0.717, 1.165) is 12.5 Å². The molecule has 0 saturated heterocycles. The maximum atomic E-state index is 13.5. The number of amides is 1. The number of rotatable bonds is 7. The van der Waals surface area contributed by atoms with Crippen LogP contribution in [0.1, 0.15) is 43.6 Å². The van der Waals surface area contributed by atoms with Gasteiger partial charge < -0.3 is 16.0 Å². The highest BCUT2D eigenvalue weighted by Crippen LogP contribution is 2.08. The Morgan fingerprint density at radius 1 is 1.24 bits per heavy atom. The zero-order valence-electron chi connectivity index (χ0n) is 15.6. The fourth-order valence-electron chi connectivity index (χ4n) is 1.88. The van der Waals surface area contributed by atoms with Gasteiger partial charge in [-0.3, -0.25) is 9.79 Å². The summed E-state index contributed by atoms with van der Waals surface area (Å²) in [6.45, 7) is 11.7. The van der Waals surface area contributed by atoms with Gasteiger partial charge in [0.25, 0.3) is 5.91 Å². The van der Waals surface area contributed by atoms with Gasteiger partial charge in [-0.25, -0.2) is 4.39 Å². The minimum atomic E-state index is -0.373. The molecule has 1 rings (SSSR count). The molecule has 142 valence electrons. The summed E-state index contributed by atoms with van der Waals surface area (Å²) in [5.74, 6) is 0.555. The largest absolute Gasteiger partial charge is 0.357 e. The zero-order chi connectivity index (χ0) is 18.1. The smallest absolute Gasteiger partial charge is 0.251 e. The highest BCUT2D eigenvalue weighted by atomic mass is 127. The first-order valence-corrected chi connectivity index (χ1v) is 8.44. The van der Waals surface area contributed by atoms with Crippen molar-refractivity contribution in [3.8, 4) is 0 Å². The lowest BCUT2D eigenvalue weighted by Crippen LogP contribution is -2.44. The summed E-state index contributed by atoms with van der Waals surface area (Å²) in [6, 6.07) is 4.77. The molecule has 0 fully saturated rings. The molecule has 0 bridgehead atoms. The van der Waals surface area contributed by atoms with Gasteiger partial charge >= 0.3 is 0 Å². The van der Waals surface area contributed by atoms with Gasteiger partial charge in [0.15, 0.2) is 5.96 Å². The van der Waals surface area contributed by atoms with E-state index in [4.69, 9.17) is 0 Å². The third-order valence-corrected chi connectivity index (χ3v) is 3.81. The monoisotopic (exact) mass is 464 g/mol. The number of halogens is 2. The van der Waals surface area contributed by atoms with E-state index in [9.17, 15) is 9.18 Å². The van der Waals surface area contributed by atoms with E-state index in [2.05, 4.69) is 41.7 Å². The lowest BCUT2D eigenvalue weighted by molar-refractivity contribution is 0.0954. The summed E-state index contributed by atoms with van der Waals surface area (Å²) >= 11 is 0. The van der Waals surface area contributed by atoms with Gasteiger partial charge in [-0.15, -0.1) is 24.0 Å². The fraction of sp³-hybridized carbons (Fsp3) is 0.556. The lowest BCUT2D eigenvalue weighted by Gasteiger charge is -2.20. The summed E-state index contributed by atoms with van der Waals surface area (Å²) in [5, 5.41) is 9.26. The molecule has 0 aliphatic carbocycles. The van der Waals surface area contributed by atoms with Gasteiger partial charge in [0, 0.05) is 24.7 Å². The Morgan fingerprint density at radius 3 is 2.48 bits per heavy atom. The van der Waals surface area contributed by atoms with Crippen LogP contribution in [0.15, 0.2) is 23.2 Å². The number of aliphatic imine (C=N–C) groups is 1. The summed E-state index contributed by atoms with van der Waals surface area (Å²) < 4.78 is 13.5. The number of nitrogens with zero attached hydrogens (tertiary/aromatic N) is 1. The highest BCUT2D eigenvalue weighted by molar-refractivity contribution is 14.0. The Kier molecular flexibility index (Phi) is 11.4. The average Bonchev–Trinajstić information content (AvgIpc) is 2.53. The summed E-state index contributed by atoms with van der Waals surface area (Å²) in [4.78, 5) is 16.4. The molecule has 3 N–H and O–H groups in total. The maximum absolute atomic E-state index is 13.5. The number of carbonyl (C=O) groups is 1. The van der Waals surface area contributed by atoms with E-state index in [1.807, 2.05) is 6.92 Å². The lowest BCUT2D eigenvalue weighted by atomic mass is 10.1. The minimum Gasteiger partial charge on any atom is -0.357 e. The summed E-state index contributed by atoms with van der Waals surface area (Å²) in [6.07, 6.45) is 0. The van der Waals surface area contributed by atoms with Crippen LogP contribution in [0.2, 0.25) is 0 Å². The predicted octanol–water partition coefficient (Wildman–Crippen LogP) is 3.08. The van der Waals surface area contributed by atoms with Crippen LogP contribution < -0.4 is 16.0 Å². The first-order valence-electron chi connectivity index (χ1n) is 8.44. The molecule has 0 aromatic heterocycles. The Labute approximate surface area is 167 Å². The first kappa shape index (κ1) is 23.6. The second-order valence-corrected chi connectivity index (χ2v) is 6.16. The third kappa shape index (κ3) is 8.51. The Bertz CT molecular complexity index is 578. The van der Waals surface area contributed by atoms with Crippen molar-refractivity contribution >= 4 is 35.8 Å². The van der Waals surface area contributed by atoms with Gasteiger partial charge in [0.2, 0.25) is 0 Å². The van der Waals surface area contributed by atoms with Crippen molar-refractivity contribution < 1.29 is 9.18 Å². The molecule has 25 heavy (non-hydrogen) atoms. The van der Waals surface area contributed by atoms with Crippen LogP contribution in [-0.2, 0) is 0 Å². The second kappa shape index (κ2) is 12.1. The molecule has 7 heteroatoms. The predicted molar refractivity (Wildman–Crippen MR) is 112 cm³/mol. The average molecular weight is 464 g/mol. The molecule has 0 radical (unpaired) electrons. The Hall–Kier alpha value is -1.38. The molecule has 5 nitrogen and oxygen atoms in total. The number of nitrogens with one attached hydrogen (secondary N) is 3. The SMILES string of the molecule is CCNC(=NCCNC(=O)c1ccc(C)c(F)c1)NC(C)C(C)C.I. The van der Waals surface area contributed by atoms with Gasteiger partial charge in [-0.1, -0.05) is 19.9 Å². The van der Waals surface area contributed by atoms with Crippen LogP contribution in [0, 0.1) is 18.7 Å². The van der Waals surface area contributed by atoms with Crippen molar-refractivity contribution in [3.05, 3.63) is 35.1 Å². The van der Waals surface area contributed by atoms with Crippen LogP contribution in [0.5, 0.6) is 0 Å². The van der Waals surface area contributed by atoms with Crippen molar-refractivity contribution in [1.29, 1.82) is 0 Å². The highest BCUT2D eigenvalue weighted by Gasteiger charge is 2.09. The van der Waals surface area contributed by atoms with Crippen molar-refractivity contribution in [3.63, 3.8) is 0 Å². The van der Waals surface area contributed by atoms with Crippen molar-refractivity contribution in [2.24, 2.45) is 10.9 Å². The first-order chi connectivity index (χ1) is 11.3. The molecule has 1 atom stereocenters. The van der Waals surface area contributed by atoms with Crippen LogP contribution in [0.4, 0.5) is 4.39 Å². The zero-order valence-corrected chi connectivity index (χ0v) is 18.0. The van der Waals surface area contributed by atoms with E-state index in [-0.39, 0.29) is 35.7 Å². The molecular formula is C18H30FIN4O. The van der Waals surface area contributed by atoms with Crippen molar-refractivity contribution in [2.75, 3.05) is 19.6 Å². The van der Waals surface area contributed by atoms with Crippen molar-refractivity contribution in [1.82, 2.24) is 16.0 Å². The molecule has 1 aromatic rings. The molecule has 1 aromatic carbocycles. The fourth-order valence-corrected chi connectivity index (χ4v) is 1.88. The van der Waals surface area contributed by atoms with Gasteiger partial charge in [-0.2, -0.15) is 0 Å². The van der Waals surface area contributed by atoms with Crippen molar-refractivity contribution in [2.45, 2.75) is 40.7 Å². The van der Waals surface area contributed by atoms with E-state index < -0.39 is 0 Å². The molecule has 0 aliphatic heterocycles. The summed E-state index contributed by atoms with van der Waals surface area (Å²) in [5.41, 5.74) is 0.845. The van der Waals surface area contributed by atoms with Gasteiger partial charge in [-0.05, 0) is 44.4 Å². The molecule has 0 saturated carbocycles. The van der Waals surface area contributed by atoms with E-state index in [1.54, 1.807) is 19.1 Å². The normalized spacial score (nSPS) is 12.4. The van der Waals surface area contributed by atoms with E-state index in [0.29, 0.717) is 36.2 Å². The molecule has 0 heterocycles. The van der Waals surface area contributed by atoms with Gasteiger partial charge in [0.1, 0.15) is 5.82 Å². The molecule has 1 unspecified atom stereocenters. The number of hydrogen-bond donors (Lipinski definition) is 3. The number of guanidine groups is 1. The number of benzene rings is 1. The van der Waals surface area contributed by atoms with Crippen LogP contribution >= 0.6 is 24.0 Å². The quantitative estimate of drug-likeness (QED) is 0.252. The molecule has 0 spiro atoms. The van der Waals surface area contributed by atoms with E-state index in [1.165, 1.54) is 6.07 Å². The topological polar surface area (TPSA) is 65.5 Å². The molecular weight excluding hydrogens is 434 g/mol. The Morgan fingerprint density at radius 2 is 1.92 bits per heavy atom. The van der Waals surface area contributed by atoms with Crippen LogP contribution in [0.3, 0.4) is 0 Å². The number of carbonyl (C=O) groups excluding carboxylic acids is 1. The van der Waals surface area contributed by atoms with E-state index >= 15 is 0 Å². The molecule has 0 aliphatic rings.